The number of aliphatic hydroxyl groups excluding tert-OH is 1. The van der Waals surface area contributed by atoms with E-state index in [1.165, 1.54) is 4.90 Å². The first-order chi connectivity index (χ1) is 12.5. The highest BCUT2D eigenvalue weighted by Crippen LogP contribution is 2.24. The molecule has 0 saturated carbocycles. The van der Waals surface area contributed by atoms with E-state index in [1.54, 1.807) is 47.1 Å². The van der Waals surface area contributed by atoms with Crippen LogP contribution in [0.25, 0.3) is 11.3 Å². The number of carbonyl (C=O) groups excluding carboxylic acids is 1. The first kappa shape index (κ1) is 16.4. The van der Waals surface area contributed by atoms with Crippen molar-refractivity contribution in [3.05, 3.63) is 42.7 Å². The molecule has 2 atom stereocenters. The monoisotopic (exact) mass is 357 g/mol. The summed E-state index contributed by atoms with van der Waals surface area (Å²) >= 11 is 0. The highest BCUT2D eigenvalue weighted by Gasteiger charge is 2.37. The Morgan fingerprint density at radius 2 is 1.96 bits per heavy atom. The maximum absolute atomic E-state index is 12.7. The van der Waals surface area contributed by atoms with Crippen molar-refractivity contribution >= 4 is 5.91 Å². The van der Waals surface area contributed by atoms with Crippen molar-refractivity contribution in [2.24, 2.45) is 14.1 Å². The third kappa shape index (κ3) is 3.08. The summed E-state index contributed by atoms with van der Waals surface area (Å²) in [5.74, 6) is 1.07. The molecule has 136 valence electrons. The second-order valence-electron chi connectivity index (χ2n) is 6.35. The summed E-state index contributed by atoms with van der Waals surface area (Å²) in [5.41, 5.74) is 0.797. The zero-order chi connectivity index (χ0) is 18.3. The molecule has 0 aromatic carbocycles. The third-order valence-corrected chi connectivity index (χ3v) is 4.30. The van der Waals surface area contributed by atoms with Gasteiger partial charge in [-0.05, 0) is 12.1 Å². The number of aryl methyl sites for hydroxylation is 2. The number of aliphatic hydroxyl groups is 1. The van der Waals surface area contributed by atoms with Gasteiger partial charge in [0.25, 0.3) is 5.91 Å². The predicted molar refractivity (Wildman–Crippen MR) is 90.4 cm³/mol. The maximum atomic E-state index is 12.7. The Morgan fingerprint density at radius 3 is 2.65 bits per heavy atom. The van der Waals surface area contributed by atoms with Crippen molar-refractivity contribution in [1.29, 1.82) is 0 Å². The molecule has 3 aromatic heterocycles. The van der Waals surface area contributed by atoms with Crippen LogP contribution in [-0.4, -0.2) is 60.8 Å². The number of amides is 1. The fourth-order valence-corrected chi connectivity index (χ4v) is 2.99. The summed E-state index contributed by atoms with van der Waals surface area (Å²) in [5, 5.41) is 18.3. The van der Waals surface area contributed by atoms with Gasteiger partial charge in [0.05, 0.1) is 37.2 Å². The van der Waals surface area contributed by atoms with E-state index in [9.17, 15) is 9.90 Å². The van der Waals surface area contributed by atoms with Crippen molar-refractivity contribution in [2.45, 2.75) is 12.2 Å². The van der Waals surface area contributed by atoms with Crippen molar-refractivity contribution in [3.63, 3.8) is 0 Å². The molecule has 1 aliphatic rings. The van der Waals surface area contributed by atoms with Gasteiger partial charge < -0.3 is 19.2 Å². The van der Waals surface area contributed by atoms with Gasteiger partial charge in [0.2, 0.25) is 0 Å². The largest absolute Gasteiger partial charge is 0.482 e. The van der Waals surface area contributed by atoms with Crippen molar-refractivity contribution in [2.75, 3.05) is 13.1 Å². The zero-order valence-electron chi connectivity index (χ0n) is 14.4. The van der Waals surface area contributed by atoms with E-state index < -0.39 is 12.2 Å². The van der Waals surface area contributed by atoms with Crippen molar-refractivity contribution < 1.29 is 19.1 Å². The summed E-state index contributed by atoms with van der Waals surface area (Å²) in [4.78, 5) is 14.2. The Balaban J connectivity index is 1.44. The van der Waals surface area contributed by atoms with Crippen LogP contribution in [0.3, 0.4) is 0 Å². The lowest BCUT2D eigenvalue weighted by Crippen LogP contribution is -2.31. The van der Waals surface area contributed by atoms with Crippen LogP contribution in [0.15, 0.2) is 41.3 Å². The number of nitrogens with zero attached hydrogens (tertiary/aromatic N) is 5. The normalized spacial score (nSPS) is 19.9. The molecule has 0 bridgehead atoms. The molecule has 26 heavy (non-hydrogen) atoms. The number of hydrogen-bond acceptors (Lipinski definition) is 6. The quantitative estimate of drug-likeness (QED) is 0.737. The highest BCUT2D eigenvalue weighted by molar-refractivity contribution is 5.92. The average Bonchev–Trinajstić information content (AvgIpc) is 3.36. The van der Waals surface area contributed by atoms with Gasteiger partial charge in [-0.15, -0.1) is 0 Å². The molecule has 1 amide bonds. The smallest absolute Gasteiger partial charge is 0.289 e. The van der Waals surface area contributed by atoms with Gasteiger partial charge in [-0.1, -0.05) is 0 Å². The van der Waals surface area contributed by atoms with Gasteiger partial charge in [-0.3, -0.25) is 14.2 Å². The third-order valence-electron chi connectivity index (χ3n) is 4.30. The lowest BCUT2D eigenvalue weighted by atomic mass is 10.3. The molecule has 9 heteroatoms. The van der Waals surface area contributed by atoms with Gasteiger partial charge in [0.1, 0.15) is 18.0 Å². The lowest BCUT2D eigenvalue weighted by Gasteiger charge is -2.15. The Labute approximate surface area is 149 Å². The summed E-state index contributed by atoms with van der Waals surface area (Å²) in [7, 11) is 3.59. The van der Waals surface area contributed by atoms with E-state index in [-0.39, 0.29) is 24.8 Å². The van der Waals surface area contributed by atoms with E-state index in [0.29, 0.717) is 11.5 Å². The fourth-order valence-electron chi connectivity index (χ4n) is 2.99. The number of furan rings is 1. The van der Waals surface area contributed by atoms with Crippen LogP contribution in [0.5, 0.6) is 5.75 Å². The standard InChI is InChI=1S/C17H19N5O4/c1-20-7-11(5-18-20)14-3-4-15(26-14)17(24)22-9-13(23)16(10-22)25-12-6-19-21(2)8-12/h3-8,13,16,23H,9-10H2,1-2H3/t13-,16-/m1/s1. The Morgan fingerprint density at radius 1 is 1.19 bits per heavy atom. The van der Waals surface area contributed by atoms with Crippen LogP contribution in [0.4, 0.5) is 0 Å². The molecular weight excluding hydrogens is 338 g/mol. The molecule has 0 spiro atoms. The SMILES string of the molecule is Cn1cc(O[C@@H]2CN(C(=O)c3ccc(-c4cnn(C)c4)o3)C[C@H]2O)cn1. The number of hydrogen-bond donors (Lipinski definition) is 1. The molecule has 0 unspecified atom stereocenters. The number of likely N-dealkylation sites (tertiary alicyclic amines) is 1. The highest BCUT2D eigenvalue weighted by atomic mass is 16.5. The van der Waals surface area contributed by atoms with E-state index in [4.69, 9.17) is 9.15 Å². The van der Waals surface area contributed by atoms with E-state index in [1.807, 2.05) is 13.2 Å². The Bertz CT molecular complexity index is 927. The van der Waals surface area contributed by atoms with Crippen molar-refractivity contribution in [1.82, 2.24) is 24.5 Å². The molecule has 1 fully saturated rings. The number of aromatic nitrogens is 4. The minimum absolute atomic E-state index is 0.187. The van der Waals surface area contributed by atoms with Crippen LogP contribution in [0.2, 0.25) is 0 Å². The predicted octanol–water partition coefficient (Wildman–Crippen LogP) is 0.678. The molecule has 3 aromatic rings. The van der Waals surface area contributed by atoms with Crippen LogP contribution >= 0.6 is 0 Å². The topological polar surface area (TPSA) is 98.6 Å². The molecular formula is C17H19N5O4. The van der Waals surface area contributed by atoms with E-state index >= 15 is 0 Å². The van der Waals surface area contributed by atoms with Crippen LogP contribution in [0, 0.1) is 0 Å². The van der Waals surface area contributed by atoms with E-state index in [0.717, 1.165) is 5.56 Å². The molecule has 4 rings (SSSR count). The van der Waals surface area contributed by atoms with E-state index in [2.05, 4.69) is 10.2 Å². The molecule has 4 heterocycles. The summed E-state index contributed by atoms with van der Waals surface area (Å²) < 4.78 is 14.7. The van der Waals surface area contributed by atoms with Gasteiger partial charge in [0, 0.05) is 20.3 Å². The lowest BCUT2D eigenvalue weighted by molar-refractivity contribution is 0.0720. The molecule has 1 aliphatic heterocycles. The Kier molecular flexibility index (Phi) is 4.00. The number of carbonyl (C=O) groups is 1. The Hall–Kier alpha value is -3.07. The summed E-state index contributed by atoms with van der Waals surface area (Å²) in [6, 6.07) is 3.37. The van der Waals surface area contributed by atoms with Gasteiger partial charge >= 0.3 is 0 Å². The van der Waals surface area contributed by atoms with Crippen LogP contribution in [0.1, 0.15) is 10.6 Å². The van der Waals surface area contributed by atoms with Gasteiger partial charge in [-0.25, -0.2) is 0 Å². The molecule has 9 nitrogen and oxygen atoms in total. The number of ether oxygens (including phenoxy) is 1. The molecule has 0 radical (unpaired) electrons. The number of rotatable bonds is 4. The van der Waals surface area contributed by atoms with Crippen LogP contribution in [-0.2, 0) is 14.1 Å². The zero-order valence-corrected chi connectivity index (χ0v) is 14.4. The minimum atomic E-state index is -0.771. The fraction of sp³-hybridized carbons (Fsp3) is 0.353. The second kappa shape index (κ2) is 6.34. The van der Waals surface area contributed by atoms with Gasteiger partial charge in [0.15, 0.2) is 11.5 Å². The first-order valence-corrected chi connectivity index (χ1v) is 8.21. The average molecular weight is 357 g/mol. The first-order valence-electron chi connectivity index (χ1n) is 8.21. The van der Waals surface area contributed by atoms with Crippen molar-refractivity contribution in [3.8, 4) is 17.1 Å². The maximum Gasteiger partial charge on any atom is 0.289 e. The second-order valence-corrected chi connectivity index (χ2v) is 6.35. The van der Waals surface area contributed by atoms with Gasteiger partial charge in [-0.2, -0.15) is 10.2 Å². The minimum Gasteiger partial charge on any atom is -0.482 e. The van der Waals surface area contributed by atoms with Crippen LogP contribution < -0.4 is 4.74 Å². The molecule has 1 N–H and O–H groups in total. The molecule has 1 saturated heterocycles. The molecule has 0 aliphatic carbocycles. The summed E-state index contributed by atoms with van der Waals surface area (Å²) in [6.07, 6.45) is 5.49. The number of β-amino-alcohol motifs (C(OH)–C–C–N with tert-alkyl or cyclic N) is 1. The summed E-state index contributed by atoms with van der Waals surface area (Å²) in [6.45, 7) is 0.463.